The van der Waals surface area contributed by atoms with Crippen molar-refractivity contribution in [3.8, 4) is 6.07 Å². The first-order valence-corrected chi connectivity index (χ1v) is 13.2. The average Bonchev–Trinajstić information content (AvgIpc) is 3.40. The standard InChI is InChI=1S/C32H36FN3O2/c1-23(26-10-12-29(33)13-11-26)36-30(37)27-16-25(17-28(18-27)32(21-34)14-6-7-15-32)20-38-22-31(2,35)19-24-8-4-3-5-9-24/h3-5,8-13,16-18,23H,6-7,14-15,19-20,22,35H2,1-2H3,(H,36,37)/t23-,31?/m1/s1. The molecule has 0 heterocycles. The van der Waals surface area contributed by atoms with E-state index in [0.29, 0.717) is 18.6 Å². The fourth-order valence-electron chi connectivity index (χ4n) is 5.26. The van der Waals surface area contributed by atoms with Crippen molar-refractivity contribution in [2.45, 2.75) is 69.6 Å². The summed E-state index contributed by atoms with van der Waals surface area (Å²) in [7, 11) is 0. The maximum absolute atomic E-state index is 13.3. The van der Waals surface area contributed by atoms with Crippen LogP contribution in [-0.2, 0) is 23.2 Å². The second-order valence-electron chi connectivity index (χ2n) is 10.9. The number of rotatable bonds is 10. The lowest BCUT2D eigenvalue weighted by atomic mass is 9.79. The van der Waals surface area contributed by atoms with Gasteiger partial charge in [0.2, 0.25) is 0 Å². The molecule has 4 rings (SSSR count). The van der Waals surface area contributed by atoms with Crippen LogP contribution in [0.1, 0.15) is 78.2 Å². The topological polar surface area (TPSA) is 88.1 Å². The molecule has 0 bridgehead atoms. The maximum atomic E-state index is 13.3. The Bertz CT molecular complexity index is 1280. The molecule has 0 aliphatic heterocycles. The van der Waals surface area contributed by atoms with Crippen molar-refractivity contribution in [3.63, 3.8) is 0 Å². The summed E-state index contributed by atoms with van der Waals surface area (Å²) in [6.07, 6.45) is 4.21. The van der Waals surface area contributed by atoms with Gasteiger partial charge in [-0.2, -0.15) is 5.26 Å². The highest BCUT2D eigenvalue weighted by atomic mass is 19.1. The molecule has 0 radical (unpaired) electrons. The summed E-state index contributed by atoms with van der Waals surface area (Å²) in [5.41, 5.74) is 9.51. The fraction of sp³-hybridized carbons (Fsp3) is 0.375. The first kappa shape index (κ1) is 27.5. The van der Waals surface area contributed by atoms with Crippen LogP contribution >= 0.6 is 0 Å². The van der Waals surface area contributed by atoms with Gasteiger partial charge in [0.05, 0.1) is 30.7 Å². The van der Waals surface area contributed by atoms with Crippen LogP contribution in [0.2, 0.25) is 0 Å². The van der Waals surface area contributed by atoms with Gasteiger partial charge < -0.3 is 15.8 Å². The number of amides is 1. The van der Waals surface area contributed by atoms with Crippen molar-refractivity contribution < 1.29 is 13.9 Å². The van der Waals surface area contributed by atoms with Crippen LogP contribution in [0.5, 0.6) is 0 Å². The van der Waals surface area contributed by atoms with Crippen LogP contribution in [0.15, 0.2) is 72.8 Å². The number of nitrogens with two attached hydrogens (primary N) is 1. The Labute approximate surface area is 224 Å². The van der Waals surface area contributed by atoms with Crippen molar-refractivity contribution in [3.05, 3.63) is 106 Å². The molecule has 0 aromatic heterocycles. The van der Waals surface area contributed by atoms with Gasteiger partial charge in [-0.15, -0.1) is 0 Å². The second-order valence-corrected chi connectivity index (χ2v) is 10.9. The molecule has 1 saturated carbocycles. The Hall–Kier alpha value is -3.53. The molecule has 3 aromatic carbocycles. The predicted octanol–water partition coefficient (Wildman–Crippen LogP) is 6.13. The summed E-state index contributed by atoms with van der Waals surface area (Å²) in [6.45, 7) is 4.46. The normalized spacial score (nSPS) is 16.8. The van der Waals surface area contributed by atoms with Crippen LogP contribution in [-0.4, -0.2) is 18.1 Å². The zero-order valence-electron chi connectivity index (χ0n) is 22.2. The average molecular weight is 514 g/mol. The van der Waals surface area contributed by atoms with Crippen molar-refractivity contribution in [2.75, 3.05) is 6.61 Å². The number of nitrogens with one attached hydrogen (secondary N) is 1. The Balaban J connectivity index is 1.52. The lowest BCUT2D eigenvalue weighted by molar-refractivity contribution is 0.0789. The van der Waals surface area contributed by atoms with E-state index >= 15 is 0 Å². The molecule has 1 unspecified atom stereocenters. The zero-order chi connectivity index (χ0) is 27.2. The molecule has 198 valence electrons. The number of hydrogen-bond donors (Lipinski definition) is 2. The van der Waals surface area contributed by atoms with Crippen LogP contribution in [0, 0.1) is 17.1 Å². The Morgan fingerprint density at radius 3 is 2.45 bits per heavy atom. The molecule has 5 nitrogen and oxygen atoms in total. The zero-order valence-corrected chi connectivity index (χ0v) is 22.2. The van der Waals surface area contributed by atoms with Crippen molar-refractivity contribution in [2.24, 2.45) is 5.73 Å². The largest absolute Gasteiger partial charge is 0.375 e. The quantitative estimate of drug-likeness (QED) is 0.341. The number of benzene rings is 3. The molecule has 1 amide bonds. The Kier molecular flexibility index (Phi) is 8.61. The van der Waals surface area contributed by atoms with Gasteiger partial charge in [-0.1, -0.05) is 61.4 Å². The van der Waals surface area contributed by atoms with Gasteiger partial charge in [-0.3, -0.25) is 4.79 Å². The van der Waals surface area contributed by atoms with Gasteiger partial charge in [0.15, 0.2) is 0 Å². The van der Waals surface area contributed by atoms with Gasteiger partial charge >= 0.3 is 0 Å². The fourth-order valence-corrected chi connectivity index (χ4v) is 5.26. The van der Waals surface area contributed by atoms with Crippen LogP contribution < -0.4 is 11.1 Å². The second kappa shape index (κ2) is 11.9. The minimum atomic E-state index is -0.594. The van der Waals surface area contributed by atoms with Gasteiger partial charge in [0.1, 0.15) is 5.82 Å². The molecule has 1 aliphatic rings. The third-order valence-electron chi connectivity index (χ3n) is 7.35. The first-order valence-electron chi connectivity index (χ1n) is 13.2. The summed E-state index contributed by atoms with van der Waals surface area (Å²) in [6, 6.07) is 24.1. The highest BCUT2D eigenvalue weighted by molar-refractivity contribution is 5.95. The van der Waals surface area contributed by atoms with E-state index in [2.05, 4.69) is 23.5 Å². The minimum Gasteiger partial charge on any atom is -0.375 e. The van der Waals surface area contributed by atoms with Gasteiger partial charge in [-0.25, -0.2) is 4.39 Å². The summed E-state index contributed by atoms with van der Waals surface area (Å²) in [5.74, 6) is -0.566. The van der Waals surface area contributed by atoms with Crippen molar-refractivity contribution in [1.82, 2.24) is 5.32 Å². The molecule has 0 spiro atoms. The number of halogens is 1. The summed E-state index contributed by atoms with van der Waals surface area (Å²) in [5, 5.41) is 13.1. The van der Waals surface area contributed by atoms with Gasteiger partial charge in [-0.05, 0) is 79.6 Å². The molecule has 1 fully saturated rings. The van der Waals surface area contributed by atoms with E-state index in [1.54, 1.807) is 12.1 Å². The number of carbonyl (C=O) groups excluding carboxylic acids is 1. The van der Waals surface area contributed by atoms with Crippen LogP contribution in [0.3, 0.4) is 0 Å². The SMILES string of the molecule is C[C@@H](NC(=O)c1cc(COCC(C)(N)Cc2ccccc2)cc(C2(C#N)CCCC2)c1)c1ccc(F)cc1. The third-order valence-corrected chi connectivity index (χ3v) is 7.35. The van der Waals surface area contributed by atoms with Crippen molar-refractivity contribution in [1.29, 1.82) is 5.26 Å². The van der Waals surface area contributed by atoms with E-state index in [0.717, 1.165) is 47.9 Å². The number of hydrogen-bond acceptors (Lipinski definition) is 4. The molecule has 2 atom stereocenters. The van der Waals surface area contributed by atoms with E-state index in [1.807, 2.05) is 50.2 Å². The van der Waals surface area contributed by atoms with E-state index in [1.165, 1.54) is 12.1 Å². The molecule has 3 aromatic rings. The van der Waals surface area contributed by atoms with Crippen LogP contribution in [0.4, 0.5) is 4.39 Å². The smallest absolute Gasteiger partial charge is 0.251 e. The highest BCUT2D eigenvalue weighted by Crippen LogP contribution is 2.41. The molecular formula is C32H36FN3O2. The molecule has 38 heavy (non-hydrogen) atoms. The minimum absolute atomic E-state index is 0.247. The van der Waals surface area contributed by atoms with E-state index in [9.17, 15) is 14.4 Å². The summed E-state index contributed by atoms with van der Waals surface area (Å²) >= 11 is 0. The summed E-state index contributed by atoms with van der Waals surface area (Å²) < 4.78 is 19.4. The number of ether oxygens (including phenoxy) is 1. The predicted molar refractivity (Wildman–Crippen MR) is 147 cm³/mol. The molecule has 3 N–H and O–H groups in total. The van der Waals surface area contributed by atoms with E-state index in [-0.39, 0.29) is 24.4 Å². The Morgan fingerprint density at radius 2 is 1.79 bits per heavy atom. The van der Waals surface area contributed by atoms with Crippen LogP contribution in [0.25, 0.3) is 0 Å². The molecule has 6 heteroatoms. The highest BCUT2D eigenvalue weighted by Gasteiger charge is 2.36. The summed E-state index contributed by atoms with van der Waals surface area (Å²) in [4.78, 5) is 13.3. The van der Waals surface area contributed by atoms with E-state index < -0.39 is 11.0 Å². The number of carbonyl (C=O) groups is 1. The molecule has 1 aliphatic carbocycles. The van der Waals surface area contributed by atoms with Crippen molar-refractivity contribution >= 4 is 5.91 Å². The number of nitrogens with zero attached hydrogens (tertiary/aromatic N) is 1. The van der Waals surface area contributed by atoms with E-state index in [4.69, 9.17) is 10.5 Å². The van der Waals surface area contributed by atoms with Gasteiger partial charge in [0.25, 0.3) is 5.91 Å². The maximum Gasteiger partial charge on any atom is 0.251 e. The Morgan fingerprint density at radius 1 is 1.11 bits per heavy atom. The lowest BCUT2D eigenvalue weighted by Gasteiger charge is -2.25. The monoisotopic (exact) mass is 513 g/mol. The number of nitriles is 1. The van der Waals surface area contributed by atoms with Gasteiger partial charge in [0, 0.05) is 11.1 Å². The third kappa shape index (κ3) is 6.86. The first-order chi connectivity index (χ1) is 18.2. The molecular weight excluding hydrogens is 477 g/mol. The lowest BCUT2D eigenvalue weighted by Crippen LogP contribution is -2.43. The molecule has 0 saturated heterocycles.